The van der Waals surface area contributed by atoms with Crippen LogP contribution in [-0.4, -0.2) is 49.6 Å². The molecule has 0 aromatic rings. The van der Waals surface area contributed by atoms with Crippen LogP contribution in [0.15, 0.2) is 11.3 Å². The molecule has 0 bridgehead atoms. The van der Waals surface area contributed by atoms with Crippen molar-refractivity contribution in [3.8, 4) is 0 Å². The summed E-state index contributed by atoms with van der Waals surface area (Å²) >= 11 is 0. The molecule has 4 nitrogen and oxygen atoms in total. The standard InChI is InChI=1S/C15H28N2O.2C2H6.CH4O/c1-10(2)14-11(8-12(14)18)17(7)9-13(16-6)15(3,4)5;3*1-2/h10,13,16H,8-9H2,1-7H3;2*1-2H3;2H,1H3. The van der Waals surface area contributed by atoms with Crippen LogP contribution < -0.4 is 5.32 Å². The molecule has 1 aliphatic rings. The molecule has 0 saturated heterocycles. The van der Waals surface area contributed by atoms with Crippen LogP contribution in [0.2, 0.25) is 0 Å². The van der Waals surface area contributed by atoms with E-state index in [0.29, 0.717) is 24.2 Å². The largest absolute Gasteiger partial charge is 0.400 e. The van der Waals surface area contributed by atoms with Crippen molar-refractivity contribution in [2.24, 2.45) is 11.3 Å². The fourth-order valence-electron chi connectivity index (χ4n) is 2.57. The highest BCUT2D eigenvalue weighted by Crippen LogP contribution is 2.32. The first-order chi connectivity index (χ1) is 11.2. The van der Waals surface area contributed by atoms with Crippen LogP contribution in [0, 0.1) is 11.3 Å². The molecule has 0 saturated carbocycles. The van der Waals surface area contributed by atoms with Crippen molar-refractivity contribution in [2.75, 3.05) is 27.7 Å². The van der Waals surface area contributed by atoms with Crippen LogP contribution in [-0.2, 0) is 4.79 Å². The Morgan fingerprint density at radius 2 is 1.54 bits per heavy atom. The lowest BCUT2D eigenvalue weighted by Gasteiger charge is -2.39. The molecule has 1 rings (SSSR count). The van der Waals surface area contributed by atoms with E-state index in [1.807, 2.05) is 34.7 Å². The number of carbonyl (C=O) groups is 1. The second-order valence-corrected chi connectivity index (χ2v) is 6.70. The average Bonchev–Trinajstić information content (AvgIpc) is 2.53. The van der Waals surface area contributed by atoms with Crippen molar-refractivity contribution in [1.82, 2.24) is 10.2 Å². The summed E-state index contributed by atoms with van der Waals surface area (Å²) in [5, 5.41) is 10.4. The lowest BCUT2D eigenvalue weighted by atomic mass is 9.82. The van der Waals surface area contributed by atoms with Crippen molar-refractivity contribution in [3.05, 3.63) is 11.3 Å². The molecule has 0 amide bonds. The van der Waals surface area contributed by atoms with Crippen LogP contribution in [0.5, 0.6) is 0 Å². The van der Waals surface area contributed by atoms with Crippen LogP contribution in [0.25, 0.3) is 0 Å². The fourth-order valence-corrected chi connectivity index (χ4v) is 2.57. The van der Waals surface area contributed by atoms with E-state index in [2.05, 4.69) is 51.9 Å². The number of ketones is 1. The van der Waals surface area contributed by atoms with E-state index in [1.54, 1.807) is 0 Å². The molecule has 2 N–H and O–H groups in total. The van der Waals surface area contributed by atoms with E-state index in [-0.39, 0.29) is 5.41 Å². The Kier molecular flexibility index (Phi) is 16.9. The third kappa shape index (κ3) is 8.84. The molecule has 0 fully saturated rings. The average molecular weight is 345 g/mol. The van der Waals surface area contributed by atoms with Gasteiger partial charge < -0.3 is 15.3 Å². The zero-order chi connectivity index (χ0) is 20.1. The van der Waals surface area contributed by atoms with Gasteiger partial charge in [-0.05, 0) is 18.4 Å². The highest BCUT2D eigenvalue weighted by atomic mass is 16.2. The van der Waals surface area contributed by atoms with E-state index in [4.69, 9.17) is 5.11 Å². The van der Waals surface area contributed by atoms with Gasteiger partial charge in [0, 0.05) is 38.0 Å². The Balaban J connectivity index is -0.000000659. The molecule has 0 aliphatic heterocycles. The second-order valence-electron chi connectivity index (χ2n) is 6.70. The van der Waals surface area contributed by atoms with Gasteiger partial charge in [0.1, 0.15) is 0 Å². The van der Waals surface area contributed by atoms with E-state index in [0.717, 1.165) is 19.2 Å². The lowest BCUT2D eigenvalue weighted by molar-refractivity contribution is -0.117. The SMILES string of the molecule is CC.CC.CNC(CN(C)C1=C(C(C)C)C(=O)C1)C(C)(C)C.CO. The van der Waals surface area contributed by atoms with Crippen molar-refractivity contribution in [3.63, 3.8) is 0 Å². The van der Waals surface area contributed by atoms with Crippen molar-refractivity contribution in [2.45, 2.75) is 74.8 Å². The van der Waals surface area contributed by atoms with Crippen LogP contribution in [0.1, 0.15) is 68.7 Å². The second kappa shape index (κ2) is 14.5. The highest BCUT2D eigenvalue weighted by Gasteiger charge is 2.33. The number of Topliss-reactive ketones (excluding diaryl/α,β-unsaturated/α-hetero) is 1. The molecule has 1 aliphatic carbocycles. The summed E-state index contributed by atoms with van der Waals surface area (Å²) in [6.45, 7) is 19.9. The Hall–Kier alpha value is -0.870. The third-order valence-electron chi connectivity index (χ3n) is 3.83. The summed E-state index contributed by atoms with van der Waals surface area (Å²) < 4.78 is 0. The minimum Gasteiger partial charge on any atom is -0.400 e. The first-order valence-electron chi connectivity index (χ1n) is 9.27. The van der Waals surface area contributed by atoms with Crippen LogP contribution in [0.4, 0.5) is 0 Å². The summed E-state index contributed by atoms with van der Waals surface area (Å²) in [4.78, 5) is 13.9. The molecular formula is C20H44N2O2. The molecule has 1 unspecified atom stereocenters. The van der Waals surface area contributed by atoms with Gasteiger partial charge in [-0.15, -0.1) is 0 Å². The number of likely N-dealkylation sites (N-methyl/N-ethyl adjacent to an activating group) is 2. The predicted molar refractivity (Wildman–Crippen MR) is 107 cm³/mol. The minimum absolute atomic E-state index is 0.218. The normalized spacial score (nSPS) is 14.3. The monoisotopic (exact) mass is 344 g/mol. The smallest absolute Gasteiger partial charge is 0.166 e. The molecule has 146 valence electrons. The quantitative estimate of drug-likeness (QED) is 0.788. The summed E-state index contributed by atoms with van der Waals surface area (Å²) in [5.74, 6) is 0.662. The summed E-state index contributed by atoms with van der Waals surface area (Å²) in [5.41, 5.74) is 2.48. The number of allylic oxidation sites excluding steroid dienone is 2. The molecule has 4 heteroatoms. The van der Waals surface area contributed by atoms with E-state index < -0.39 is 0 Å². The maximum Gasteiger partial charge on any atom is 0.166 e. The number of aliphatic hydroxyl groups excluding tert-OH is 1. The van der Waals surface area contributed by atoms with Gasteiger partial charge in [0.05, 0.1) is 6.42 Å². The van der Waals surface area contributed by atoms with Gasteiger partial charge in [-0.1, -0.05) is 62.3 Å². The first kappa shape index (κ1) is 28.0. The number of nitrogens with zero attached hydrogens (tertiary/aromatic N) is 1. The Labute approximate surface area is 151 Å². The molecule has 1 atom stereocenters. The number of hydrogen-bond acceptors (Lipinski definition) is 4. The summed E-state index contributed by atoms with van der Waals surface area (Å²) in [6.07, 6.45) is 0.616. The van der Waals surface area contributed by atoms with Gasteiger partial charge in [-0.2, -0.15) is 0 Å². The molecule has 0 spiro atoms. The van der Waals surface area contributed by atoms with Gasteiger partial charge in [-0.25, -0.2) is 0 Å². The lowest BCUT2D eigenvalue weighted by Crippen LogP contribution is -2.47. The summed E-state index contributed by atoms with van der Waals surface area (Å²) in [6, 6.07) is 0.416. The van der Waals surface area contributed by atoms with Crippen LogP contribution >= 0.6 is 0 Å². The Bertz CT molecular complexity index is 355. The number of aliphatic hydroxyl groups is 1. The van der Waals surface area contributed by atoms with E-state index >= 15 is 0 Å². The maximum atomic E-state index is 11.6. The van der Waals surface area contributed by atoms with Gasteiger partial charge in [0.15, 0.2) is 5.78 Å². The summed E-state index contributed by atoms with van der Waals surface area (Å²) in [7, 11) is 5.10. The first-order valence-corrected chi connectivity index (χ1v) is 9.27. The van der Waals surface area contributed by atoms with Gasteiger partial charge in [-0.3, -0.25) is 4.79 Å². The molecule has 0 radical (unpaired) electrons. The van der Waals surface area contributed by atoms with Crippen molar-refractivity contribution < 1.29 is 9.90 Å². The zero-order valence-electron chi connectivity index (χ0n) is 18.4. The van der Waals surface area contributed by atoms with E-state index in [1.165, 1.54) is 5.70 Å². The Morgan fingerprint density at radius 1 is 1.12 bits per heavy atom. The molecule has 0 aromatic heterocycles. The maximum absolute atomic E-state index is 11.6. The van der Waals surface area contributed by atoms with Gasteiger partial charge in [0.25, 0.3) is 0 Å². The van der Waals surface area contributed by atoms with Gasteiger partial charge in [0.2, 0.25) is 0 Å². The number of rotatable bonds is 5. The topological polar surface area (TPSA) is 52.6 Å². The predicted octanol–water partition coefficient (Wildman–Crippen LogP) is 4.10. The van der Waals surface area contributed by atoms with Gasteiger partial charge >= 0.3 is 0 Å². The number of carbonyl (C=O) groups excluding carboxylic acids is 1. The van der Waals surface area contributed by atoms with Crippen molar-refractivity contribution >= 4 is 5.78 Å². The molecular weight excluding hydrogens is 300 g/mol. The van der Waals surface area contributed by atoms with Crippen molar-refractivity contribution in [1.29, 1.82) is 0 Å². The highest BCUT2D eigenvalue weighted by molar-refractivity contribution is 6.04. The third-order valence-corrected chi connectivity index (χ3v) is 3.83. The Morgan fingerprint density at radius 3 is 1.79 bits per heavy atom. The minimum atomic E-state index is 0.218. The number of nitrogens with one attached hydrogen (secondary N) is 1. The molecule has 24 heavy (non-hydrogen) atoms. The van der Waals surface area contributed by atoms with E-state index in [9.17, 15) is 4.79 Å². The fraction of sp³-hybridized carbons (Fsp3) is 0.850. The molecule has 0 aromatic carbocycles. The number of hydrogen-bond donors (Lipinski definition) is 2. The zero-order valence-corrected chi connectivity index (χ0v) is 18.4. The molecule has 0 heterocycles. The van der Waals surface area contributed by atoms with Crippen LogP contribution in [0.3, 0.4) is 0 Å².